The van der Waals surface area contributed by atoms with E-state index in [1.807, 2.05) is 24.3 Å². The van der Waals surface area contributed by atoms with Crippen LogP contribution in [0.2, 0.25) is 0 Å². The number of aromatic nitrogens is 2. The van der Waals surface area contributed by atoms with Gasteiger partial charge in [0.1, 0.15) is 12.5 Å². The summed E-state index contributed by atoms with van der Waals surface area (Å²) in [7, 11) is 4.04. The summed E-state index contributed by atoms with van der Waals surface area (Å²) >= 11 is 0. The standard InChI is InChI=1S/C22H26F3N3O4/c1-30-19(29)17(15-9-7-14(8-10-15)13-5-4-6-13)18-16(20(31-2)32-3)11-26-21(28-18)27-12-22(23,24)25/h7-11,13,17,20H,4-6,12H2,1-3H3,(H,26,27,28). The number of nitrogens with one attached hydrogen (secondary N) is 1. The Morgan fingerprint density at radius 2 is 1.81 bits per heavy atom. The van der Waals surface area contributed by atoms with Gasteiger partial charge in [0.05, 0.1) is 12.8 Å². The average Bonchev–Trinajstić information content (AvgIpc) is 2.73. The first-order chi connectivity index (χ1) is 15.3. The minimum atomic E-state index is -4.46. The van der Waals surface area contributed by atoms with E-state index in [-0.39, 0.29) is 11.6 Å². The van der Waals surface area contributed by atoms with Crippen molar-refractivity contribution >= 4 is 11.9 Å². The van der Waals surface area contributed by atoms with E-state index >= 15 is 0 Å². The van der Waals surface area contributed by atoms with Gasteiger partial charge in [-0.25, -0.2) is 9.97 Å². The Hall–Kier alpha value is -2.72. The maximum absolute atomic E-state index is 12.8. The summed E-state index contributed by atoms with van der Waals surface area (Å²) in [4.78, 5) is 21.0. The first kappa shape index (κ1) is 23.9. The molecule has 1 unspecified atom stereocenters. The average molecular weight is 453 g/mol. The first-order valence-electron chi connectivity index (χ1n) is 10.2. The smallest absolute Gasteiger partial charge is 0.405 e. The van der Waals surface area contributed by atoms with Gasteiger partial charge in [-0.15, -0.1) is 0 Å². The molecule has 1 aliphatic carbocycles. The molecule has 0 saturated heterocycles. The second-order valence-electron chi connectivity index (χ2n) is 7.56. The van der Waals surface area contributed by atoms with Gasteiger partial charge in [0.2, 0.25) is 5.95 Å². The molecule has 1 aliphatic rings. The van der Waals surface area contributed by atoms with Crippen LogP contribution in [0.25, 0.3) is 0 Å². The summed E-state index contributed by atoms with van der Waals surface area (Å²) in [5.41, 5.74) is 2.23. The number of ether oxygens (including phenoxy) is 3. The molecule has 1 fully saturated rings. The summed E-state index contributed by atoms with van der Waals surface area (Å²) in [5.74, 6) is -1.38. The quantitative estimate of drug-likeness (QED) is 0.447. The Kier molecular flexibility index (Phi) is 7.68. The molecule has 174 valence electrons. The second kappa shape index (κ2) is 10.3. The summed E-state index contributed by atoms with van der Waals surface area (Å²) in [6.07, 6.45) is -0.630. The van der Waals surface area contributed by atoms with Crippen LogP contribution in [0.1, 0.15) is 59.8 Å². The number of esters is 1. The fourth-order valence-electron chi connectivity index (χ4n) is 3.66. The van der Waals surface area contributed by atoms with Crippen LogP contribution < -0.4 is 5.32 Å². The van der Waals surface area contributed by atoms with Crippen molar-refractivity contribution in [2.75, 3.05) is 33.2 Å². The van der Waals surface area contributed by atoms with Crippen LogP contribution in [0.15, 0.2) is 30.5 Å². The van der Waals surface area contributed by atoms with Crippen molar-refractivity contribution in [2.45, 2.75) is 43.6 Å². The lowest BCUT2D eigenvalue weighted by atomic mass is 9.79. The van der Waals surface area contributed by atoms with E-state index in [1.165, 1.54) is 39.5 Å². The molecule has 0 bridgehead atoms. The summed E-state index contributed by atoms with van der Waals surface area (Å²) in [5, 5.41) is 2.15. The van der Waals surface area contributed by atoms with Gasteiger partial charge < -0.3 is 19.5 Å². The molecule has 2 aromatic rings. The predicted molar refractivity (Wildman–Crippen MR) is 110 cm³/mol. The third-order valence-corrected chi connectivity index (χ3v) is 5.53. The lowest BCUT2D eigenvalue weighted by Crippen LogP contribution is -2.25. The zero-order chi connectivity index (χ0) is 23.3. The van der Waals surface area contributed by atoms with E-state index < -0.39 is 30.9 Å². The molecule has 0 radical (unpaired) electrons. The fourth-order valence-corrected chi connectivity index (χ4v) is 3.66. The number of carbonyl (C=O) groups excluding carboxylic acids is 1. The number of carbonyl (C=O) groups is 1. The van der Waals surface area contributed by atoms with Gasteiger partial charge in [-0.2, -0.15) is 13.2 Å². The highest BCUT2D eigenvalue weighted by atomic mass is 19.4. The zero-order valence-electron chi connectivity index (χ0n) is 18.1. The zero-order valence-corrected chi connectivity index (χ0v) is 18.1. The minimum Gasteiger partial charge on any atom is -0.468 e. The van der Waals surface area contributed by atoms with Crippen LogP contribution in [0.5, 0.6) is 0 Å². The molecule has 1 aromatic heterocycles. The lowest BCUT2D eigenvalue weighted by molar-refractivity contribution is -0.141. The number of nitrogens with zero attached hydrogens (tertiary/aromatic N) is 2. The van der Waals surface area contributed by atoms with Gasteiger partial charge in [0, 0.05) is 26.0 Å². The largest absolute Gasteiger partial charge is 0.468 e. The third kappa shape index (κ3) is 5.55. The summed E-state index contributed by atoms with van der Waals surface area (Å²) < 4.78 is 53.6. The number of hydrogen-bond acceptors (Lipinski definition) is 7. The van der Waals surface area contributed by atoms with Crippen molar-refractivity contribution in [3.63, 3.8) is 0 Å². The number of benzene rings is 1. The predicted octanol–water partition coefficient (Wildman–Crippen LogP) is 4.31. The molecule has 7 nitrogen and oxygen atoms in total. The monoisotopic (exact) mass is 453 g/mol. The van der Waals surface area contributed by atoms with Crippen molar-refractivity contribution in [1.82, 2.24) is 9.97 Å². The van der Waals surface area contributed by atoms with E-state index in [9.17, 15) is 18.0 Å². The minimum absolute atomic E-state index is 0.140. The Morgan fingerprint density at radius 1 is 1.16 bits per heavy atom. The van der Waals surface area contributed by atoms with E-state index in [1.54, 1.807) is 0 Å². The highest BCUT2D eigenvalue weighted by Gasteiger charge is 2.33. The molecular weight excluding hydrogens is 427 g/mol. The van der Waals surface area contributed by atoms with Crippen molar-refractivity contribution in [2.24, 2.45) is 0 Å². The number of methoxy groups -OCH3 is 3. The highest BCUT2D eigenvalue weighted by molar-refractivity contribution is 5.82. The topological polar surface area (TPSA) is 82.6 Å². The van der Waals surface area contributed by atoms with Crippen LogP contribution in [0.4, 0.5) is 19.1 Å². The van der Waals surface area contributed by atoms with Crippen molar-refractivity contribution < 1.29 is 32.2 Å². The van der Waals surface area contributed by atoms with Gasteiger partial charge in [-0.1, -0.05) is 30.7 Å². The normalized spacial score (nSPS) is 15.3. The molecule has 1 N–H and O–H groups in total. The molecule has 1 saturated carbocycles. The molecule has 1 heterocycles. The number of hydrogen-bond donors (Lipinski definition) is 1. The SMILES string of the molecule is COC(=O)C(c1ccc(C2CCC2)cc1)c1nc(NCC(F)(F)F)ncc1C(OC)OC. The fraction of sp³-hybridized carbons (Fsp3) is 0.500. The maximum atomic E-state index is 12.8. The van der Waals surface area contributed by atoms with Crippen LogP contribution in [0, 0.1) is 0 Å². The lowest BCUT2D eigenvalue weighted by Gasteiger charge is -2.26. The molecule has 0 amide bonds. The molecular formula is C22H26F3N3O4. The number of anilines is 1. The first-order valence-corrected chi connectivity index (χ1v) is 10.2. The Labute approximate surface area is 184 Å². The number of alkyl halides is 3. The van der Waals surface area contributed by atoms with Gasteiger partial charge in [-0.3, -0.25) is 4.79 Å². The highest BCUT2D eigenvalue weighted by Crippen LogP contribution is 2.38. The Morgan fingerprint density at radius 3 is 2.31 bits per heavy atom. The van der Waals surface area contributed by atoms with Gasteiger partial charge in [0.25, 0.3) is 0 Å². The van der Waals surface area contributed by atoms with Crippen LogP contribution in [-0.4, -0.2) is 50.0 Å². The van der Waals surface area contributed by atoms with Crippen molar-refractivity contribution in [1.29, 1.82) is 0 Å². The molecule has 3 rings (SSSR count). The van der Waals surface area contributed by atoms with Crippen molar-refractivity contribution in [3.8, 4) is 0 Å². The molecule has 0 spiro atoms. The third-order valence-electron chi connectivity index (χ3n) is 5.53. The van der Waals surface area contributed by atoms with Crippen LogP contribution >= 0.6 is 0 Å². The van der Waals surface area contributed by atoms with Crippen LogP contribution in [0.3, 0.4) is 0 Å². The van der Waals surface area contributed by atoms with Crippen LogP contribution in [-0.2, 0) is 19.0 Å². The second-order valence-corrected chi connectivity index (χ2v) is 7.56. The van der Waals surface area contributed by atoms with E-state index in [0.717, 1.165) is 12.8 Å². The molecule has 1 aromatic carbocycles. The van der Waals surface area contributed by atoms with E-state index in [2.05, 4.69) is 15.3 Å². The molecule has 10 heteroatoms. The van der Waals surface area contributed by atoms with Gasteiger partial charge in [-0.05, 0) is 29.9 Å². The van der Waals surface area contributed by atoms with Gasteiger partial charge >= 0.3 is 12.1 Å². The summed E-state index contributed by atoms with van der Waals surface area (Å²) in [6.45, 7) is -1.32. The molecule has 1 atom stereocenters. The molecule has 0 aliphatic heterocycles. The van der Waals surface area contributed by atoms with E-state index in [0.29, 0.717) is 17.0 Å². The summed E-state index contributed by atoms with van der Waals surface area (Å²) in [6, 6.07) is 7.56. The Bertz CT molecular complexity index is 914. The van der Waals surface area contributed by atoms with Gasteiger partial charge in [0.15, 0.2) is 6.29 Å². The van der Waals surface area contributed by atoms with Crippen molar-refractivity contribution in [3.05, 3.63) is 52.8 Å². The molecule has 32 heavy (non-hydrogen) atoms. The Balaban J connectivity index is 2.04. The number of halogens is 3. The maximum Gasteiger partial charge on any atom is 0.405 e. The number of rotatable bonds is 9. The van der Waals surface area contributed by atoms with E-state index in [4.69, 9.17) is 14.2 Å².